The Morgan fingerprint density at radius 3 is 2.29 bits per heavy atom. The summed E-state index contributed by atoms with van der Waals surface area (Å²) in [6.07, 6.45) is 0.646. The highest BCUT2D eigenvalue weighted by Crippen LogP contribution is 2.27. The lowest BCUT2D eigenvalue weighted by Crippen LogP contribution is -2.43. The van der Waals surface area contributed by atoms with Gasteiger partial charge in [-0.05, 0) is 55.9 Å². The molecule has 0 aliphatic rings. The molecule has 150 valence electrons. The summed E-state index contributed by atoms with van der Waals surface area (Å²) in [5.74, 6) is -1.29. The lowest BCUT2D eigenvalue weighted by Gasteiger charge is -2.28. The fourth-order valence-corrected chi connectivity index (χ4v) is 3.38. The molecular formula is C23H29NO4. The van der Waals surface area contributed by atoms with Crippen molar-refractivity contribution < 1.29 is 19.8 Å². The molecule has 0 aliphatic heterocycles. The zero-order chi connectivity index (χ0) is 20.9. The molecule has 0 aliphatic carbocycles. The van der Waals surface area contributed by atoms with E-state index >= 15 is 0 Å². The summed E-state index contributed by atoms with van der Waals surface area (Å²) in [4.78, 5) is 23.1. The number of rotatable bonds is 8. The van der Waals surface area contributed by atoms with Crippen LogP contribution in [0.25, 0.3) is 11.1 Å². The minimum atomic E-state index is -1.30. The monoisotopic (exact) mass is 383 g/mol. The second kappa shape index (κ2) is 9.02. The van der Waals surface area contributed by atoms with Gasteiger partial charge in [0.15, 0.2) is 0 Å². The first-order valence-corrected chi connectivity index (χ1v) is 9.42. The number of carbonyl (C=O) groups is 2. The van der Waals surface area contributed by atoms with Crippen LogP contribution < -0.4 is 5.32 Å². The lowest BCUT2D eigenvalue weighted by molar-refractivity contribution is -0.151. The van der Waals surface area contributed by atoms with Crippen molar-refractivity contribution in [3.63, 3.8) is 0 Å². The molecule has 0 bridgehead atoms. The van der Waals surface area contributed by atoms with E-state index in [1.807, 2.05) is 24.3 Å². The number of aliphatic hydroxyl groups is 1. The number of aryl methyl sites for hydroxylation is 2. The van der Waals surface area contributed by atoms with E-state index in [0.717, 1.165) is 11.1 Å². The third-order valence-electron chi connectivity index (χ3n) is 5.11. The van der Waals surface area contributed by atoms with Crippen LogP contribution in [0.2, 0.25) is 0 Å². The number of nitrogens with one attached hydrogen (secondary N) is 1. The predicted octanol–water partition coefficient (Wildman–Crippen LogP) is 3.49. The zero-order valence-electron chi connectivity index (χ0n) is 17.0. The second-order valence-corrected chi connectivity index (χ2v) is 7.84. The van der Waals surface area contributed by atoms with Gasteiger partial charge in [-0.3, -0.25) is 9.59 Å². The standard InChI is InChI=1S/C23H29NO4/c1-15-5-6-16(2)21(11-15)19-9-7-18(8-10-19)12-20(24-17(3)26)13-23(4,14-25)22(27)28/h5-11,20,25H,12-14H2,1-4H3,(H,24,26)(H,27,28)/t20-,23+/m1/s1. The minimum absolute atomic E-state index is 0.150. The van der Waals surface area contributed by atoms with E-state index < -0.39 is 18.0 Å². The van der Waals surface area contributed by atoms with Gasteiger partial charge in [0.25, 0.3) is 0 Å². The molecule has 0 heterocycles. The molecular weight excluding hydrogens is 354 g/mol. The van der Waals surface area contributed by atoms with Gasteiger partial charge in [0, 0.05) is 13.0 Å². The molecule has 0 saturated heterocycles. The fourth-order valence-electron chi connectivity index (χ4n) is 3.38. The van der Waals surface area contributed by atoms with Gasteiger partial charge in [0.2, 0.25) is 5.91 Å². The quantitative estimate of drug-likeness (QED) is 0.651. The van der Waals surface area contributed by atoms with E-state index in [0.29, 0.717) is 6.42 Å². The van der Waals surface area contributed by atoms with Crippen molar-refractivity contribution in [1.29, 1.82) is 0 Å². The average Bonchev–Trinajstić information content (AvgIpc) is 2.63. The Hall–Kier alpha value is -2.66. The number of aliphatic carboxylic acids is 1. The average molecular weight is 383 g/mol. The summed E-state index contributed by atoms with van der Waals surface area (Å²) in [7, 11) is 0. The zero-order valence-corrected chi connectivity index (χ0v) is 17.0. The van der Waals surface area contributed by atoms with Crippen molar-refractivity contribution in [2.75, 3.05) is 6.61 Å². The molecule has 5 nitrogen and oxygen atoms in total. The molecule has 0 radical (unpaired) electrons. The van der Waals surface area contributed by atoms with E-state index in [-0.39, 0.29) is 18.4 Å². The summed E-state index contributed by atoms with van der Waals surface area (Å²) < 4.78 is 0. The van der Waals surface area contributed by atoms with Gasteiger partial charge in [-0.15, -0.1) is 0 Å². The summed E-state index contributed by atoms with van der Waals surface area (Å²) in [6.45, 7) is 6.57. The van der Waals surface area contributed by atoms with E-state index in [4.69, 9.17) is 0 Å². The van der Waals surface area contributed by atoms with Gasteiger partial charge in [-0.2, -0.15) is 0 Å². The maximum atomic E-state index is 11.6. The Kier molecular flexibility index (Phi) is 6.97. The minimum Gasteiger partial charge on any atom is -0.481 e. The van der Waals surface area contributed by atoms with Gasteiger partial charge < -0.3 is 15.5 Å². The second-order valence-electron chi connectivity index (χ2n) is 7.84. The van der Waals surface area contributed by atoms with Crippen molar-refractivity contribution in [2.45, 2.75) is 46.6 Å². The van der Waals surface area contributed by atoms with Crippen LogP contribution >= 0.6 is 0 Å². The van der Waals surface area contributed by atoms with Gasteiger partial charge in [-0.1, -0.05) is 48.0 Å². The molecule has 0 fully saturated rings. The Balaban J connectivity index is 2.21. The molecule has 2 aromatic carbocycles. The molecule has 2 atom stereocenters. The molecule has 0 saturated carbocycles. The van der Waals surface area contributed by atoms with Crippen LogP contribution in [0.3, 0.4) is 0 Å². The summed E-state index contributed by atoms with van der Waals surface area (Å²) in [6, 6.07) is 14.1. The number of carboxylic acids is 1. The highest BCUT2D eigenvalue weighted by atomic mass is 16.4. The van der Waals surface area contributed by atoms with Crippen molar-refractivity contribution in [1.82, 2.24) is 5.32 Å². The highest BCUT2D eigenvalue weighted by Gasteiger charge is 2.35. The van der Waals surface area contributed by atoms with Crippen molar-refractivity contribution in [3.8, 4) is 11.1 Å². The number of aliphatic hydroxyl groups excluding tert-OH is 1. The van der Waals surface area contributed by atoms with E-state index in [1.54, 1.807) is 0 Å². The first-order valence-electron chi connectivity index (χ1n) is 9.42. The third kappa shape index (κ3) is 5.42. The fraction of sp³-hybridized carbons (Fsp3) is 0.391. The first-order chi connectivity index (χ1) is 13.1. The number of hydrogen-bond acceptors (Lipinski definition) is 3. The molecule has 0 aromatic heterocycles. The molecule has 3 N–H and O–H groups in total. The summed E-state index contributed by atoms with van der Waals surface area (Å²) >= 11 is 0. The molecule has 0 spiro atoms. The Morgan fingerprint density at radius 2 is 1.75 bits per heavy atom. The van der Waals surface area contributed by atoms with Gasteiger partial charge in [-0.25, -0.2) is 0 Å². The lowest BCUT2D eigenvalue weighted by atomic mass is 9.82. The smallest absolute Gasteiger partial charge is 0.311 e. The maximum absolute atomic E-state index is 11.6. The molecule has 0 unspecified atom stereocenters. The summed E-state index contributed by atoms with van der Waals surface area (Å²) in [5, 5.41) is 21.8. The van der Waals surface area contributed by atoms with Crippen LogP contribution in [0.15, 0.2) is 42.5 Å². The number of carboxylic acid groups (broad SMARTS) is 1. The van der Waals surface area contributed by atoms with Gasteiger partial charge >= 0.3 is 5.97 Å². The molecule has 1 amide bonds. The number of carbonyl (C=O) groups excluding carboxylic acids is 1. The van der Waals surface area contributed by atoms with Crippen LogP contribution in [-0.2, 0) is 16.0 Å². The normalized spacial score (nSPS) is 14.2. The molecule has 2 aromatic rings. The van der Waals surface area contributed by atoms with Crippen molar-refractivity contribution in [2.24, 2.45) is 5.41 Å². The van der Waals surface area contributed by atoms with Crippen LogP contribution in [-0.4, -0.2) is 34.7 Å². The Bertz CT molecular complexity index is 844. The topological polar surface area (TPSA) is 86.6 Å². The van der Waals surface area contributed by atoms with Gasteiger partial charge in [0.1, 0.15) is 0 Å². The van der Waals surface area contributed by atoms with Crippen LogP contribution in [0.4, 0.5) is 0 Å². The SMILES string of the molecule is CC(=O)N[C@H](Cc1ccc(-c2cc(C)ccc2C)cc1)C[C@@](C)(CO)C(=O)O. The van der Waals surface area contributed by atoms with Crippen LogP contribution in [0.5, 0.6) is 0 Å². The van der Waals surface area contributed by atoms with Crippen molar-refractivity contribution >= 4 is 11.9 Å². The largest absolute Gasteiger partial charge is 0.481 e. The first kappa shape index (κ1) is 21.6. The van der Waals surface area contributed by atoms with Crippen LogP contribution in [0.1, 0.15) is 37.0 Å². The van der Waals surface area contributed by atoms with E-state index in [2.05, 4.69) is 37.4 Å². The van der Waals surface area contributed by atoms with Crippen molar-refractivity contribution in [3.05, 3.63) is 59.2 Å². The molecule has 28 heavy (non-hydrogen) atoms. The summed E-state index contributed by atoms with van der Waals surface area (Å²) in [5.41, 5.74) is 4.40. The van der Waals surface area contributed by atoms with E-state index in [9.17, 15) is 19.8 Å². The maximum Gasteiger partial charge on any atom is 0.311 e. The number of amides is 1. The van der Waals surface area contributed by atoms with Crippen LogP contribution in [0, 0.1) is 19.3 Å². The van der Waals surface area contributed by atoms with E-state index in [1.165, 1.54) is 30.5 Å². The van der Waals surface area contributed by atoms with Gasteiger partial charge in [0.05, 0.1) is 12.0 Å². The highest BCUT2D eigenvalue weighted by molar-refractivity contribution is 5.75. The third-order valence-corrected chi connectivity index (χ3v) is 5.11. The molecule has 5 heteroatoms. The number of benzene rings is 2. The Labute approximate surface area is 166 Å². The Morgan fingerprint density at radius 1 is 1.11 bits per heavy atom. The number of hydrogen-bond donors (Lipinski definition) is 3. The predicted molar refractivity (Wildman–Crippen MR) is 110 cm³/mol. The molecule has 2 rings (SSSR count).